The van der Waals surface area contributed by atoms with Crippen LogP contribution in [0.15, 0.2) is 24.3 Å². The zero-order valence-corrected chi connectivity index (χ0v) is 18.9. The molecule has 0 heterocycles. The van der Waals surface area contributed by atoms with Gasteiger partial charge in [-0.15, -0.1) is 0 Å². The van der Waals surface area contributed by atoms with Crippen LogP contribution in [0.4, 0.5) is 4.39 Å². The highest BCUT2D eigenvalue weighted by atomic mass is 32.2. The van der Waals surface area contributed by atoms with Crippen molar-refractivity contribution in [3.05, 3.63) is 29.8 Å². The number of nitrogens with one attached hydrogen (secondary N) is 2. The molecule has 0 bridgehead atoms. The molecule has 1 fully saturated rings. The maximum absolute atomic E-state index is 15.7. The minimum Gasteiger partial charge on any atom is -0.492 e. The van der Waals surface area contributed by atoms with Crippen LogP contribution in [0.1, 0.15) is 52.5 Å². The molecule has 166 valence electrons. The van der Waals surface area contributed by atoms with Crippen molar-refractivity contribution in [3.63, 3.8) is 0 Å². The molecule has 1 aromatic rings. The van der Waals surface area contributed by atoms with Gasteiger partial charge in [0.1, 0.15) is 12.4 Å². The van der Waals surface area contributed by atoms with Gasteiger partial charge in [-0.25, -0.2) is 30.7 Å². The standard InChI is InChI=1S/C19H31FN2O5S2/c1-14(2)28(23,24)21-12-13-27-17-9-7-16(8-10-17)19(20)11-5-6-18(19)22-29(25,26)15(3)4/h7-10,14-15,18,21-22H,5-6,11-13H2,1-4H3. The maximum atomic E-state index is 15.7. The second-order valence-electron chi connectivity index (χ2n) is 7.88. The molecule has 2 N–H and O–H groups in total. The van der Waals surface area contributed by atoms with Gasteiger partial charge in [-0.2, -0.15) is 0 Å². The van der Waals surface area contributed by atoms with Crippen LogP contribution in [0, 0.1) is 0 Å². The molecule has 0 aliphatic heterocycles. The first-order chi connectivity index (χ1) is 13.4. The average Bonchev–Trinajstić information content (AvgIpc) is 3.00. The first-order valence-corrected chi connectivity index (χ1v) is 12.9. The molecule has 1 saturated carbocycles. The van der Waals surface area contributed by atoms with Crippen molar-refractivity contribution in [2.45, 2.75) is 69.2 Å². The summed E-state index contributed by atoms with van der Waals surface area (Å²) in [7, 11) is -6.91. The predicted octanol–water partition coefficient (Wildman–Crippen LogP) is 2.44. The smallest absolute Gasteiger partial charge is 0.214 e. The van der Waals surface area contributed by atoms with Crippen LogP contribution in [0.2, 0.25) is 0 Å². The molecule has 2 rings (SSSR count). The van der Waals surface area contributed by atoms with Crippen LogP contribution < -0.4 is 14.2 Å². The van der Waals surface area contributed by atoms with E-state index in [1.165, 1.54) is 0 Å². The second kappa shape index (κ2) is 9.28. The zero-order chi connectivity index (χ0) is 21.9. The summed E-state index contributed by atoms with van der Waals surface area (Å²) in [4.78, 5) is 0. The fraction of sp³-hybridized carbons (Fsp3) is 0.684. The van der Waals surface area contributed by atoms with Crippen LogP contribution in [-0.4, -0.2) is 46.5 Å². The van der Waals surface area contributed by atoms with Crippen molar-refractivity contribution in [3.8, 4) is 5.75 Å². The van der Waals surface area contributed by atoms with Crippen LogP contribution in [0.25, 0.3) is 0 Å². The number of rotatable bonds is 10. The Labute approximate surface area is 173 Å². The number of hydrogen-bond donors (Lipinski definition) is 2. The lowest BCUT2D eigenvalue weighted by Crippen LogP contribution is -2.46. The summed E-state index contributed by atoms with van der Waals surface area (Å²) in [6.07, 6.45) is 1.28. The summed E-state index contributed by atoms with van der Waals surface area (Å²) in [5.41, 5.74) is -1.37. The topological polar surface area (TPSA) is 102 Å². The monoisotopic (exact) mass is 450 g/mol. The van der Waals surface area contributed by atoms with Gasteiger partial charge in [0.2, 0.25) is 20.0 Å². The highest BCUT2D eigenvalue weighted by Gasteiger charge is 2.46. The minimum absolute atomic E-state index is 0.133. The van der Waals surface area contributed by atoms with Crippen molar-refractivity contribution >= 4 is 20.0 Å². The van der Waals surface area contributed by atoms with Crippen LogP contribution in [0.3, 0.4) is 0 Å². The van der Waals surface area contributed by atoms with E-state index >= 15 is 4.39 Å². The number of alkyl halides is 1. The van der Waals surface area contributed by atoms with Crippen LogP contribution >= 0.6 is 0 Å². The second-order valence-corrected chi connectivity index (χ2v) is 12.5. The summed E-state index contributed by atoms with van der Waals surface area (Å²) < 4.78 is 73.9. The van der Waals surface area contributed by atoms with E-state index in [9.17, 15) is 16.8 Å². The fourth-order valence-electron chi connectivity index (χ4n) is 3.15. The summed E-state index contributed by atoms with van der Waals surface area (Å²) in [6, 6.07) is 5.61. The van der Waals surface area contributed by atoms with Gasteiger partial charge in [0.05, 0.1) is 16.5 Å². The lowest BCUT2D eigenvalue weighted by Gasteiger charge is -2.29. The third-order valence-electron chi connectivity index (χ3n) is 5.14. The Morgan fingerprint density at radius 2 is 1.66 bits per heavy atom. The molecular formula is C19H31FN2O5S2. The molecular weight excluding hydrogens is 419 g/mol. The van der Waals surface area contributed by atoms with E-state index in [4.69, 9.17) is 4.74 Å². The third-order valence-corrected chi connectivity index (χ3v) is 8.84. The third kappa shape index (κ3) is 5.90. The highest BCUT2D eigenvalue weighted by molar-refractivity contribution is 7.90. The van der Waals surface area contributed by atoms with E-state index in [0.29, 0.717) is 24.2 Å². The van der Waals surface area contributed by atoms with Crippen LogP contribution in [-0.2, 0) is 25.7 Å². The highest BCUT2D eigenvalue weighted by Crippen LogP contribution is 2.43. The molecule has 0 amide bonds. The van der Waals surface area contributed by atoms with E-state index in [-0.39, 0.29) is 19.6 Å². The van der Waals surface area contributed by atoms with Crippen molar-refractivity contribution in [2.24, 2.45) is 0 Å². The minimum atomic E-state index is -3.57. The molecule has 0 saturated heterocycles. The molecule has 0 radical (unpaired) electrons. The van der Waals surface area contributed by atoms with Gasteiger partial charge in [0.25, 0.3) is 0 Å². The van der Waals surface area contributed by atoms with Gasteiger partial charge in [-0.1, -0.05) is 12.1 Å². The molecule has 1 aromatic carbocycles. The molecule has 29 heavy (non-hydrogen) atoms. The molecule has 1 aliphatic rings. The Bertz CT molecular complexity index is 886. The average molecular weight is 451 g/mol. The maximum Gasteiger partial charge on any atom is 0.214 e. The van der Waals surface area contributed by atoms with Gasteiger partial charge >= 0.3 is 0 Å². The van der Waals surface area contributed by atoms with E-state index in [1.807, 2.05) is 0 Å². The quantitative estimate of drug-likeness (QED) is 0.533. The Kier molecular flexibility index (Phi) is 7.69. The Hall–Kier alpha value is -1.23. The van der Waals surface area contributed by atoms with Gasteiger partial charge in [-0.3, -0.25) is 0 Å². The van der Waals surface area contributed by atoms with Crippen molar-refractivity contribution in [2.75, 3.05) is 13.2 Å². The SMILES string of the molecule is CC(C)S(=O)(=O)NCCOc1ccc(C2(F)CCCC2NS(=O)(=O)C(C)C)cc1. The molecule has 0 spiro atoms. The van der Waals surface area contributed by atoms with Crippen molar-refractivity contribution in [1.29, 1.82) is 0 Å². The lowest BCUT2D eigenvalue weighted by molar-refractivity contribution is 0.142. The first kappa shape index (κ1) is 24.0. The summed E-state index contributed by atoms with van der Waals surface area (Å²) in [5, 5.41) is -1.15. The van der Waals surface area contributed by atoms with Gasteiger partial charge < -0.3 is 4.74 Å². The molecule has 1 aliphatic carbocycles. The van der Waals surface area contributed by atoms with Gasteiger partial charge in [0.15, 0.2) is 5.67 Å². The Morgan fingerprint density at radius 3 is 2.21 bits per heavy atom. The van der Waals surface area contributed by atoms with Crippen LogP contribution in [0.5, 0.6) is 5.75 Å². The number of ether oxygens (including phenoxy) is 1. The molecule has 2 atom stereocenters. The Balaban J connectivity index is 1.99. The number of benzene rings is 1. The summed E-state index contributed by atoms with van der Waals surface area (Å²) in [5.74, 6) is 0.485. The Morgan fingerprint density at radius 1 is 1.07 bits per heavy atom. The number of halogens is 1. The predicted molar refractivity (Wildman–Crippen MR) is 112 cm³/mol. The van der Waals surface area contributed by atoms with Crippen molar-refractivity contribution in [1.82, 2.24) is 9.44 Å². The summed E-state index contributed by atoms with van der Waals surface area (Å²) in [6.45, 7) is 6.57. The zero-order valence-electron chi connectivity index (χ0n) is 17.3. The van der Waals surface area contributed by atoms with E-state index < -0.39 is 42.3 Å². The number of hydrogen-bond acceptors (Lipinski definition) is 5. The molecule has 7 nitrogen and oxygen atoms in total. The number of sulfonamides is 2. The molecule has 0 aromatic heterocycles. The summed E-state index contributed by atoms with van der Waals surface area (Å²) >= 11 is 0. The molecule has 2 unspecified atom stereocenters. The first-order valence-electron chi connectivity index (χ1n) is 9.80. The fourth-order valence-corrected chi connectivity index (χ4v) is 4.82. The largest absolute Gasteiger partial charge is 0.492 e. The lowest BCUT2D eigenvalue weighted by atomic mass is 9.91. The normalized spacial score (nSPS) is 23.1. The van der Waals surface area contributed by atoms with Gasteiger partial charge in [-0.05, 0) is 64.7 Å². The van der Waals surface area contributed by atoms with E-state index in [0.717, 1.165) is 0 Å². The van der Waals surface area contributed by atoms with Gasteiger partial charge in [0, 0.05) is 6.54 Å². The van der Waals surface area contributed by atoms with E-state index in [2.05, 4.69) is 9.44 Å². The van der Waals surface area contributed by atoms with Crippen molar-refractivity contribution < 1.29 is 26.0 Å². The molecule has 10 heteroatoms. The van der Waals surface area contributed by atoms with E-state index in [1.54, 1.807) is 52.0 Å².